The Hall–Kier alpha value is -3.60. The van der Waals surface area contributed by atoms with Crippen LogP contribution in [-0.4, -0.2) is 53.1 Å². The lowest BCUT2D eigenvalue weighted by atomic mass is 9.98. The Morgan fingerprint density at radius 3 is 2.63 bits per heavy atom. The molecular weight excluding hydrogens is 519 g/mol. The summed E-state index contributed by atoms with van der Waals surface area (Å²) in [7, 11) is 0. The number of halogens is 3. The van der Waals surface area contributed by atoms with Gasteiger partial charge in [-0.1, -0.05) is 42.1 Å². The Morgan fingerprint density at radius 2 is 1.87 bits per heavy atom. The van der Waals surface area contributed by atoms with Gasteiger partial charge in [0, 0.05) is 18.5 Å². The van der Waals surface area contributed by atoms with Crippen LogP contribution in [0.3, 0.4) is 0 Å². The van der Waals surface area contributed by atoms with Gasteiger partial charge in [0.25, 0.3) is 5.91 Å². The summed E-state index contributed by atoms with van der Waals surface area (Å²) in [5.41, 5.74) is -0.687. The molecule has 1 atom stereocenters. The first kappa shape index (κ1) is 27.4. The summed E-state index contributed by atoms with van der Waals surface area (Å²) in [6, 6.07) is 13.0. The van der Waals surface area contributed by atoms with Crippen molar-refractivity contribution in [3.63, 3.8) is 0 Å². The first-order valence-corrected chi connectivity index (χ1v) is 13.1. The first-order valence-electron chi connectivity index (χ1n) is 12.1. The van der Waals surface area contributed by atoms with Gasteiger partial charge in [-0.2, -0.15) is 13.2 Å². The number of carbonyl (C=O) groups excluding carboxylic acids is 3. The maximum atomic E-state index is 13.4. The van der Waals surface area contributed by atoms with Gasteiger partial charge in [0.05, 0.1) is 45.6 Å². The third-order valence-electron chi connectivity index (χ3n) is 6.16. The molecule has 0 radical (unpaired) electrons. The third kappa shape index (κ3) is 6.45. The minimum Gasteiger partial charge on any atom is -0.466 e. The number of likely N-dealkylation sites (tertiary alicyclic amines) is 1. The molecule has 1 aliphatic heterocycles. The van der Waals surface area contributed by atoms with Crippen molar-refractivity contribution in [2.75, 3.05) is 30.8 Å². The minimum absolute atomic E-state index is 0.0266. The fourth-order valence-electron chi connectivity index (χ4n) is 4.33. The van der Waals surface area contributed by atoms with Crippen LogP contribution in [0.5, 0.6) is 0 Å². The van der Waals surface area contributed by atoms with Crippen LogP contribution in [0.25, 0.3) is 10.9 Å². The van der Waals surface area contributed by atoms with Crippen molar-refractivity contribution in [3.05, 3.63) is 65.7 Å². The molecule has 11 heteroatoms. The minimum atomic E-state index is -4.63. The maximum Gasteiger partial charge on any atom is 0.418 e. The second-order valence-electron chi connectivity index (χ2n) is 8.74. The van der Waals surface area contributed by atoms with Crippen LogP contribution in [-0.2, 0) is 20.5 Å². The van der Waals surface area contributed by atoms with E-state index in [1.807, 2.05) is 0 Å². The van der Waals surface area contributed by atoms with E-state index in [1.165, 1.54) is 24.3 Å². The quantitative estimate of drug-likeness (QED) is 0.316. The van der Waals surface area contributed by atoms with Crippen LogP contribution >= 0.6 is 11.8 Å². The second kappa shape index (κ2) is 11.8. The van der Waals surface area contributed by atoms with Crippen LogP contribution in [0, 0.1) is 5.92 Å². The molecule has 4 rings (SSSR count). The van der Waals surface area contributed by atoms with Crippen molar-refractivity contribution in [1.82, 2.24) is 9.88 Å². The Bertz CT molecular complexity index is 1350. The van der Waals surface area contributed by atoms with Crippen molar-refractivity contribution in [1.29, 1.82) is 0 Å². The summed E-state index contributed by atoms with van der Waals surface area (Å²) in [6.07, 6.45) is -3.28. The zero-order valence-electron chi connectivity index (χ0n) is 20.6. The molecule has 3 aromatic rings. The van der Waals surface area contributed by atoms with Gasteiger partial charge < -0.3 is 15.0 Å². The van der Waals surface area contributed by atoms with Gasteiger partial charge >= 0.3 is 12.1 Å². The predicted octanol–water partition coefficient (Wildman–Crippen LogP) is 5.40. The monoisotopic (exact) mass is 545 g/mol. The summed E-state index contributed by atoms with van der Waals surface area (Å²) in [5.74, 6) is -1.53. The summed E-state index contributed by atoms with van der Waals surface area (Å²) in [4.78, 5) is 44.3. The van der Waals surface area contributed by atoms with Crippen LogP contribution in [0.2, 0.25) is 0 Å². The molecule has 7 nitrogen and oxygen atoms in total. The number of para-hydroxylation sites is 2. The number of pyridine rings is 1. The summed E-state index contributed by atoms with van der Waals surface area (Å²) in [5, 5.41) is 3.23. The fraction of sp³-hybridized carbons (Fsp3) is 0.333. The van der Waals surface area contributed by atoms with Crippen molar-refractivity contribution in [3.8, 4) is 0 Å². The van der Waals surface area contributed by atoms with Gasteiger partial charge in [0.15, 0.2) is 0 Å². The number of rotatable bonds is 7. The highest BCUT2D eigenvalue weighted by Gasteiger charge is 2.34. The van der Waals surface area contributed by atoms with Gasteiger partial charge in [-0.3, -0.25) is 14.4 Å². The summed E-state index contributed by atoms with van der Waals surface area (Å²) >= 11 is 1.12. The highest BCUT2D eigenvalue weighted by molar-refractivity contribution is 7.99. The lowest BCUT2D eigenvalue weighted by Gasteiger charge is -2.31. The predicted molar refractivity (Wildman–Crippen MR) is 138 cm³/mol. The Balaban J connectivity index is 1.52. The standard InChI is InChI=1S/C27H26F3N3O4S/c1-2-37-26(36)17-8-7-13-33(15-17)24(34)16-38-23-14-19(18-9-3-5-11-21(18)31-23)25(35)32-22-12-6-4-10-20(22)27(28,29)30/h3-6,9-12,14,17H,2,7-8,13,15-16H2,1H3,(H,32,35). The van der Waals surface area contributed by atoms with Crippen molar-refractivity contribution in [2.45, 2.75) is 31.0 Å². The van der Waals surface area contributed by atoms with Crippen LogP contribution in [0.4, 0.5) is 18.9 Å². The topological polar surface area (TPSA) is 88.6 Å². The van der Waals surface area contributed by atoms with Gasteiger partial charge in [-0.15, -0.1) is 0 Å². The number of nitrogens with zero attached hydrogens (tertiary/aromatic N) is 2. The first-order chi connectivity index (χ1) is 18.2. The Morgan fingerprint density at radius 1 is 1.13 bits per heavy atom. The van der Waals surface area contributed by atoms with E-state index in [9.17, 15) is 27.6 Å². The second-order valence-corrected chi connectivity index (χ2v) is 9.74. The summed E-state index contributed by atoms with van der Waals surface area (Å²) < 4.78 is 45.4. The number of alkyl halides is 3. The third-order valence-corrected chi connectivity index (χ3v) is 7.05. The molecule has 0 saturated carbocycles. The Kier molecular flexibility index (Phi) is 8.55. The SMILES string of the molecule is CCOC(=O)C1CCCN(C(=O)CSc2cc(C(=O)Nc3ccccc3C(F)(F)F)c3ccccc3n2)C1. The molecule has 2 heterocycles. The number of aromatic nitrogens is 1. The molecule has 1 aromatic heterocycles. The fourth-order valence-corrected chi connectivity index (χ4v) is 5.14. The van der Waals surface area contributed by atoms with E-state index in [0.717, 1.165) is 17.8 Å². The number of amides is 2. The molecule has 38 heavy (non-hydrogen) atoms. The van der Waals surface area contributed by atoms with E-state index in [0.29, 0.717) is 35.3 Å². The normalized spacial score (nSPS) is 15.8. The number of carbonyl (C=O) groups is 3. The molecule has 1 fully saturated rings. The van der Waals surface area contributed by atoms with E-state index >= 15 is 0 Å². The lowest BCUT2D eigenvalue weighted by Crippen LogP contribution is -2.43. The molecule has 2 aromatic carbocycles. The van der Waals surface area contributed by atoms with Crippen molar-refractivity contribution >= 4 is 46.1 Å². The number of esters is 1. The van der Waals surface area contributed by atoms with Crippen molar-refractivity contribution < 1.29 is 32.3 Å². The van der Waals surface area contributed by atoms with Crippen LogP contribution in [0.1, 0.15) is 35.7 Å². The number of benzene rings is 2. The molecule has 1 saturated heterocycles. The highest BCUT2D eigenvalue weighted by atomic mass is 32.2. The van der Waals surface area contributed by atoms with E-state index in [-0.39, 0.29) is 47.9 Å². The van der Waals surface area contributed by atoms with Crippen LogP contribution < -0.4 is 5.32 Å². The van der Waals surface area contributed by atoms with E-state index in [1.54, 1.807) is 36.1 Å². The molecule has 1 N–H and O–H groups in total. The molecule has 0 aliphatic carbocycles. The number of hydrogen-bond acceptors (Lipinski definition) is 6. The van der Waals surface area contributed by atoms with E-state index in [2.05, 4.69) is 10.3 Å². The van der Waals surface area contributed by atoms with Gasteiger partial charge in [0.2, 0.25) is 5.91 Å². The van der Waals surface area contributed by atoms with Gasteiger partial charge in [-0.05, 0) is 44.0 Å². The number of anilines is 1. The number of thioether (sulfide) groups is 1. The number of fused-ring (bicyclic) bond motifs is 1. The number of ether oxygens (including phenoxy) is 1. The molecular formula is C27H26F3N3O4S. The molecule has 200 valence electrons. The zero-order chi connectivity index (χ0) is 27.3. The zero-order valence-corrected chi connectivity index (χ0v) is 21.4. The molecule has 0 bridgehead atoms. The number of piperidine rings is 1. The number of nitrogens with one attached hydrogen (secondary N) is 1. The van der Waals surface area contributed by atoms with Crippen molar-refractivity contribution in [2.24, 2.45) is 5.92 Å². The lowest BCUT2D eigenvalue weighted by molar-refractivity contribution is -0.151. The van der Waals surface area contributed by atoms with Gasteiger partial charge in [0.1, 0.15) is 0 Å². The highest BCUT2D eigenvalue weighted by Crippen LogP contribution is 2.35. The number of hydrogen-bond donors (Lipinski definition) is 1. The van der Waals surface area contributed by atoms with E-state index in [4.69, 9.17) is 4.74 Å². The average Bonchev–Trinajstić information content (AvgIpc) is 2.91. The maximum absolute atomic E-state index is 13.4. The van der Waals surface area contributed by atoms with Gasteiger partial charge in [-0.25, -0.2) is 4.98 Å². The summed E-state index contributed by atoms with van der Waals surface area (Å²) in [6.45, 7) is 2.84. The Labute approximate surface area is 221 Å². The molecule has 2 amide bonds. The van der Waals surface area contributed by atoms with E-state index < -0.39 is 17.6 Å². The van der Waals surface area contributed by atoms with Crippen LogP contribution in [0.15, 0.2) is 59.6 Å². The average molecular weight is 546 g/mol. The largest absolute Gasteiger partial charge is 0.466 e. The smallest absolute Gasteiger partial charge is 0.418 e. The molecule has 0 spiro atoms. The molecule has 1 aliphatic rings. The molecule has 1 unspecified atom stereocenters.